The monoisotopic (exact) mass is 310 g/mol. The lowest BCUT2D eigenvalue weighted by atomic mass is 10.1. The highest BCUT2D eigenvalue weighted by Crippen LogP contribution is 2.33. The molecule has 0 aliphatic rings. The van der Waals surface area contributed by atoms with Crippen molar-refractivity contribution in [2.24, 2.45) is 0 Å². The van der Waals surface area contributed by atoms with Gasteiger partial charge in [-0.25, -0.2) is 0 Å². The fourth-order valence-corrected chi connectivity index (χ4v) is 1.65. The molecule has 0 aliphatic heterocycles. The number of carbonyl (C=O) groups is 1. The third kappa shape index (κ3) is 5.79. The van der Waals surface area contributed by atoms with Gasteiger partial charge in [0.1, 0.15) is 0 Å². The highest BCUT2D eigenvalue weighted by atomic mass is 35.5. The van der Waals surface area contributed by atoms with Crippen molar-refractivity contribution in [1.82, 2.24) is 5.32 Å². The largest absolute Gasteiger partial charge is 0.416 e. The number of nitrogens with one attached hydrogen (secondary N) is 2. The Bertz CT molecular complexity index is 450. The standard InChI is InChI=1S/C13H17F3N2O.ClH/c1-9-5-6-10(8-11(9)13(14,15)16)18-12(19)4-3-7-17-2;/h5-6,8,17H,3-4,7H2,1-2H3,(H,18,19);1H. The zero-order valence-corrected chi connectivity index (χ0v) is 12.1. The second kappa shape index (κ2) is 8.11. The molecule has 0 saturated heterocycles. The number of anilines is 1. The molecule has 0 fully saturated rings. The summed E-state index contributed by atoms with van der Waals surface area (Å²) < 4.78 is 38.1. The molecule has 3 nitrogen and oxygen atoms in total. The van der Waals surface area contributed by atoms with Crippen molar-refractivity contribution < 1.29 is 18.0 Å². The SMILES string of the molecule is CNCCCC(=O)Nc1ccc(C)c(C(F)(F)F)c1.Cl. The molecule has 7 heteroatoms. The highest BCUT2D eigenvalue weighted by Gasteiger charge is 2.32. The second-order valence-electron chi connectivity index (χ2n) is 4.28. The van der Waals surface area contributed by atoms with E-state index in [-0.39, 0.29) is 36.0 Å². The number of hydrogen-bond donors (Lipinski definition) is 2. The Labute approximate surface area is 122 Å². The van der Waals surface area contributed by atoms with Crippen LogP contribution in [0.1, 0.15) is 24.0 Å². The summed E-state index contributed by atoms with van der Waals surface area (Å²) in [6, 6.07) is 3.79. The van der Waals surface area contributed by atoms with E-state index in [0.29, 0.717) is 13.0 Å². The van der Waals surface area contributed by atoms with Crippen molar-refractivity contribution in [3.8, 4) is 0 Å². The van der Waals surface area contributed by atoms with E-state index in [1.165, 1.54) is 19.1 Å². The fraction of sp³-hybridized carbons (Fsp3) is 0.462. The minimum atomic E-state index is -4.41. The van der Waals surface area contributed by atoms with Gasteiger partial charge >= 0.3 is 6.18 Å². The molecule has 1 aromatic carbocycles. The number of aryl methyl sites for hydroxylation is 1. The van der Waals surface area contributed by atoms with Crippen LogP contribution >= 0.6 is 12.4 Å². The van der Waals surface area contributed by atoms with E-state index in [1.54, 1.807) is 7.05 Å². The van der Waals surface area contributed by atoms with E-state index >= 15 is 0 Å². The van der Waals surface area contributed by atoms with Gasteiger partial charge in [-0.1, -0.05) is 6.07 Å². The normalized spacial score (nSPS) is 10.8. The van der Waals surface area contributed by atoms with Crippen molar-refractivity contribution >= 4 is 24.0 Å². The first kappa shape index (κ1) is 18.7. The predicted octanol–water partition coefficient (Wildman–Crippen LogP) is 3.37. The number of hydrogen-bond acceptors (Lipinski definition) is 2. The molecule has 0 spiro atoms. The average Bonchev–Trinajstić information content (AvgIpc) is 2.30. The molecular formula is C13H18ClF3N2O. The molecule has 114 valence electrons. The third-order valence-corrected chi connectivity index (χ3v) is 2.66. The van der Waals surface area contributed by atoms with Gasteiger partial charge < -0.3 is 10.6 Å². The lowest BCUT2D eigenvalue weighted by Gasteiger charge is -2.12. The zero-order valence-electron chi connectivity index (χ0n) is 11.3. The Morgan fingerprint density at radius 3 is 2.50 bits per heavy atom. The number of rotatable bonds is 5. The zero-order chi connectivity index (χ0) is 14.5. The van der Waals surface area contributed by atoms with Crippen LogP contribution in [0.3, 0.4) is 0 Å². The van der Waals surface area contributed by atoms with Crippen LogP contribution in [0.5, 0.6) is 0 Å². The van der Waals surface area contributed by atoms with Crippen molar-refractivity contribution in [2.45, 2.75) is 25.9 Å². The van der Waals surface area contributed by atoms with Gasteiger partial charge in [0.2, 0.25) is 5.91 Å². The summed E-state index contributed by atoms with van der Waals surface area (Å²) in [4.78, 5) is 11.5. The van der Waals surface area contributed by atoms with Gasteiger partial charge in [0.05, 0.1) is 5.56 Å². The van der Waals surface area contributed by atoms with Gasteiger partial charge in [-0.05, 0) is 44.6 Å². The van der Waals surface area contributed by atoms with Crippen LogP contribution in [0.15, 0.2) is 18.2 Å². The first-order chi connectivity index (χ1) is 8.84. The van der Waals surface area contributed by atoms with E-state index in [9.17, 15) is 18.0 Å². The predicted molar refractivity (Wildman–Crippen MR) is 75.2 cm³/mol. The van der Waals surface area contributed by atoms with E-state index < -0.39 is 11.7 Å². The van der Waals surface area contributed by atoms with Gasteiger partial charge in [-0.3, -0.25) is 4.79 Å². The Morgan fingerprint density at radius 2 is 1.95 bits per heavy atom. The van der Waals surface area contributed by atoms with Crippen molar-refractivity contribution in [3.63, 3.8) is 0 Å². The quantitative estimate of drug-likeness (QED) is 0.819. The molecule has 20 heavy (non-hydrogen) atoms. The van der Waals surface area contributed by atoms with Crippen LogP contribution in [0.25, 0.3) is 0 Å². The lowest BCUT2D eigenvalue weighted by molar-refractivity contribution is -0.138. The number of alkyl halides is 3. The van der Waals surface area contributed by atoms with Crippen LogP contribution in [-0.4, -0.2) is 19.5 Å². The van der Waals surface area contributed by atoms with E-state index in [4.69, 9.17) is 0 Å². The van der Waals surface area contributed by atoms with Gasteiger partial charge in [-0.2, -0.15) is 13.2 Å². The molecule has 1 rings (SSSR count). The first-order valence-electron chi connectivity index (χ1n) is 5.97. The second-order valence-corrected chi connectivity index (χ2v) is 4.28. The van der Waals surface area contributed by atoms with Crippen LogP contribution in [0.2, 0.25) is 0 Å². The van der Waals surface area contributed by atoms with Gasteiger partial charge in [-0.15, -0.1) is 12.4 Å². The van der Waals surface area contributed by atoms with Crippen LogP contribution in [-0.2, 0) is 11.0 Å². The van der Waals surface area contributed by atoms with Gasteiger partial charge in [0, 0.05) is 12.1 Å². The Morgan fingerprint density at radius 1 is 1.30 bits per heavy atom. The Hall–Kier alpha value is -1.27. The molecule has 0 bridgehead atoms. The molecule has 0 radical (unpaired) electrons. The van der Waals surface area contributed by atoms with Crippen LogP contribution in [0.4, 0.5) is 18.9 Å². The summed E-state index contributed by atoms with van der Waals surface area (Å²) in [5.41, 5.74) is -0.409. The van der Waals surface area contributed by atoms with E-state index in [0.717, 1.165) is 6.07 Å². The number of carbonyl (C=O) groups excluding carboxylic acids is 1. The number of benzene rings is 1. The molecule has 2 N–H and O–H groups in total. The van der Waals surface area contributed by atoms with Crippen molar-refractivity contribution in [1.29, 1.82) is 0 Å². The maximum atomic E-state index is 12.7. The smallest absolute Gasteiger partial charge is 0.326 e. The van der Waals surface area contributed by atoms with Crippen LogP contribution in [0, 0.1) is 6.92 Å². The summed E-state index contributed by atoms with van der Waals surface area (Å²) >= 11 is 0. The summed E-state index contributed by atoms with van der Waals surface area (Å²) in [5.74, 6) is -0.285. The molecule has 0 atom stereocenters. The molecule has 1 amide bonds. The van der Waals surface area contributed by atoms with Crippen LogP contribution < -0.4 is 10.6 Å². The first-order valence-corrected chi connectivity index (χ1v) is 5.97. The lowest BCUT2D eigenvalue weighted by Crippen LogP contribution is -2.16. The summed E-state index contributed by atoms with van der Waals surface area (Å²) in [6.45, 7) is 2.08. The molecule has 0 saturated carbocycles. The Kier molecular flexibility index (Phi) is 7.60. The maximum Gasteiger partial charge on any atom is 0.416 e. The van der Waals surface area contributed by atoms with Gasteiger partial charge in [0.15, 0.2) is 0 Å². The molecule has 0 aromatic heterocycles. The maximum absolute atomic E-state index is 12.7. The Balaban J connectivity index is 0.00000361. The third-order valence-electron chi connectivity index (χ3n) is 2.66. The molecule has 0 unspecified atom stereocenters. The number of amides is 1. The summed E-state index contributed by atoms with van der Waals surface area (Å²) in [7, 11) is 1.77. The minimum Gasteiger partial charge on any atom is -0.326 e. The van der Waals surface area contributed by atoms with Gasteiger partial charge in [0.25, 0.3) is 0 Å². The van der Waals surface area contributed by atoms with E-state index in [2.05, 4.69) is 10.6 Å². The summed E-state index contributed by atoms with van der Waals surface area (Å²) in [5, 5.41) is 5.37. The molecule has 0 heterocycles. The number of halogens is 4. The molecule has 1 aromatic rings. The highest BCUT2D eigenvalue weighted by molar-refractivity contribution is 5.90. The van der Waals surface area contributed by atoms with E-state index in [1.807, 2.05) is 0 Å². The minimum absolute atomic E-state index is 0. The summed E-state index contributed by atoms with van der Waals surface area (Å²) in [6.07, 6.45) is -3.49. The topological polar surface area (TPSA) is 41.1 Å². The average molecular weight is 311 g/mol. The van der Waals surface area contributed by atoms with Crippen molar-refractivity contribution in [2.75, 3.05) is 18.9 Å². The molecule has 0 aliphatic carbocycles. The van der Waals surface area contributed by atoms with Crippen molar-refractivity contribution in [3.05, 3.63) is 29.3 Å². The molecular weight excluding hydrogens is 293 g/mol. The fourth-order valence-electron chi connectivity index (χ4n) is 1.65.